The molecule has 1 amide bonds. The summed E-state index contributed by atoms with van der Waals surface area (Å²) in [7, 11) is 1.42. The topological polar surface area (TPSA) is 101 Å². The van der Waals surface area contributed by atoms with Crippen molar-refractivity contribution >= 4 is 18.0 Å². The number of nitrogens with zero attached hydrogens (tertiary/aromatic N) is 1. The van der Waals surface area contributed by atoms with Gasteiger partial charge >= 0.3 is 18.0 Å². The largest absolute Gasteiger partial charge is 0.497 e. The van der Waals surface area contributed by atoms with E-state index in [9.17, 15) is 14.4 Å². The number of carbonyl (C=O) groups excluding carboxylic acids is 3. The molecule has 0 N–H and O–H groups in total. The summed E-state index contributed by atoms with van der Waals surface area (Å²) in [6.45, 7) is -0.508. The summed E-state index contributed by atoms with van der Waals surface area (Å²) < 4.78 is 16.9. The molecule has 38 heavy (non-hydrogen) atoms. The van der Waals surface area contributed by atoms with E-state index in [4.69, 9.17) is 24.0 Å². The molecule has 9 heteroatoms. The highest BCUT2D eigenvalue weighted by Gasteiger charge is 2.60. The van der Waals surface area contributed by atoms with Crippen LogP contribution in [0.1, 0.15) is 22.6 Å². The van der Waals surface area contributed by atoms with Gasteiger partial charge in [-0.2, -0.15) is 4.89 Å². The lowest BCUT2D eigenvalue weighted by molar-refractivity contribution is -0.400. The van der Waals surface area contributed by atoms with Gasteiger partial charge in [0, 0.05) is 5.56 Å². The molecule has 2 aliphatic heterocycles. The SMILES string of the molecule is COC1=CC(=O)OC1C(c1ccccc1)C1(c2ccccc2)OOC(=O)CN1C(=O)OCc1ccccc1. The Morgan fingerprint density at radius 3 is 2.26 bits per heavy atom. The average Bonchev–Trinajstić information content (AvgIpc) is 3.34. The number of esters is 1. The first-order valence-electron chi connectivity index (χ1n) is 12.0. The minimum absolute atomic E-state index is 0.0340. The van der Waals surface area contributed by atoms with Gasteiger partial charge < -0.3 is 14.2 Å². The Morgan fingerprint density at radius 1 is 0.974 bits per heavy atom. The van der Waals surface area contributed by atoms with Crippen molar-refractivity contribution in [3.05, 3.63) is 120 Å². The molecule has 2 heterocycles. The summed E-state index contributed by atoms with van der Waals surface area (Å²) in [4.78, 5) is 50.9. The van der Waals surface area contributed by atoms with Gasteiger partial charge in [-0.1, -0.05) is 91.0 Å². The first kappa shape index (κ1) is 25.0. The normalized spacial score (nSPS) is 21.7. The van der Waals surface area contributed by atoms with Gasteiger partial charge in [0.05, 0.1) is 19.1 Å². The quantitative estimate of drug-likeness (QED) is 0.341. The molecule has 1 saturated heterocycles. The van der Waals surface area contributed by atoms with Crippen LogP contribution in [0.25, 0.3) is 0 Å². The van der Waals surface area contributed by atoms with Gasteiger partial charge in [-0.25, -0.2) is 14.4 Å². The third-order valence-electron chi connectivity index (χ3n) is 6.47. The number of rotatable bonds is 7. The van der Waals surface area contributed by atoms with Crippen molar-refractivity contribution in [1.82, 2.24) is 4.90 Å². The van der Waals surface area contributed by atoms with Crippen LogP contribution in [-0.4, -0.2) is 42.7 Å². The van der Waals surface area contributed by atoms with E-state index in [-0.39, 0.29) is 12.4 Å². The lowest BCUT2D eigenvalue weighted by Crippen LogP contribution is -2.62. The van der Waals surface area contributed by atoms with Gasteiger partial charge in [0.1, 0.15) is 18.9 Å². The third kappa shape index (κ3) is 4.71. The summed E-state index contributed by atoms with van der Waals surface area (Å²) in [5.41, 5.74) is 0.0758. The Morgan fingerprint density at radius 2 is 1.61 bits per heavy atom. The maximum absolute atomic E-state index is 13.7. The molecular weight excluding hydrogens is 490 g/mol. The molecule has 0 aliphatic carbocycles. The average molecular weight is 516 g/mol. The minimum atomic E-state index is -1.79. The zero-order valence-corrected chi connectivity index (χ0v) is 20.5. The summed E-state index contributed by atoms with van der Waals surface area (Å²) in [5.74, 6) is -2.09. The lowest BCUT2D eigenvalue weighted by Gasteiger charge is -2.48. The van der Waals surface area contributed by atoms with Gasteiger partial charge in [0.2, 0.25) is 5.72 Å². The molecule has 5 rings (SSSR count). The summed E-state index contributed by atoms with van der Waals surface area (Å²) in [6.07, 6.45) is -0.592. The number of hydrogen-bond donors (Lipinski definition) is 0. The second-order valence-electron chi connectivity index (χ2n) is 8.72. The molecule has 2 aliphatic rings. The maximum Gasteiger partial charge on any atom is 0.413 e. The smallest absolute Gasteiger partial charge is 0.413 e. The number of ether oxygens (including phenoxy) is 3. The van der Waals surface area contributed by atoms with E-state index in [1.807, 2.05) is 48.5 Å². The van der Waals surface area contributed by atoms with Gasteiger partial charge in [-0.15, -0.1) is 0 Å². The Bertz CT molecular complexity index is 1330. The van der Waals surface area contributed by atoms with E-state index in [0.29, 0.717) is 11.1 Å². The highest BCUT2D eigenvalue weighted by Crippen LogP contribution is 2.50. The third-order valence-corrected chi connectivity index (χ3v) is 6.47. The first-order valence-corrected chi connectivity index (χ1v) is 12.0. The number of benzene rings is 3. The number of methoxy groups -OCH3 is 1. The Kier molecular flexibility index (Phi) is 7.10. The van der Waals surface area contributed by atoms with Crippen molar-refractivity contribution in [2.75, 3.05) is 13.7 Å². The second-order valence-corrected chi connectivity index (χ2v) is 8.72. The molecular formula is C29H25NO8. The van der Waals surface area contributed by atoms with Crippen LogP contribution in [-0.2, 0) is 45.9 Å². The fourth-order valence-electron chi connectivity index (χ4n) is 4.79. The van der Waals surface area contributed by atoms with E-state index >= 15 is 0 Å². The second kappa shape index (κ2) is 10.8. The molecule has 3 unspecified atom stereocenters. The van der Waals surface area contributed by atoms with Gasteiger partial charge in [-0.05, 0) is 11.1 Å². The van der Waals surface area contributed by atoms with Crippen LogP contribution >= 0.6 is 0 Å². The fraction of sp³-hybridized carbons (Fsp3) is 0.207. The van der Waals surface area contributed by atoms with Crippen LogP contribution in [0.2, 0.25) is 0 Å². The minimum Gasteiger partial charge on any atom is -0.497 e. The predicted molar refractivity (Wildman–Crippen MR) is 133 cm³/mol. The molecule has 3 aromatic carbocycles. The molecule has 3 atom stereocenters. The predicted octanol–water partition coefficient (Wildman–Crippen LogP) is 4.21. The Hall–Kier alpha value is -4.63. The van der Waals surface area contributed by atoms with Crippen molar-refractivity contribution in [1.29, 1.82) is 0 Å². The van der Waals surface area contributed by atoms with E-state index < -0.39 is 42.3 Å². The highest BCUT2D eigenvalue weighted by atomic mass is 17.2. The molecule has 0 spiro atoms. The standard InChI is InChI=1S/C29H25NO8/c1-34-23-17-24(31)36-27(23)26(21-13-7-3-8-14-21)29(22-15-9-4-10-16-22)30(18-25(32)37-38-29)28(33)35-19-20-11-5-2-6-12-20/h2-17,26-27H,18-19H2,1H3. The van der Waals surface area contributed by atoms with Crippen LogP contribution < -0.4 is 0 Å². The summed E-state index contributed by atoms with van der Waals surface area (Å²) >= 11 is 0. The van der Waals surface area contributed by atoms with E-state index in [1.54, 1.807) is 42.5 Å². The monoisotopic (exact) mass is 515 g/mol. The molecule has 0 saturated carbocycles. The molecule has 0 bridgehead atoms. The zero-order valence-electron chi connectivity index (χ0n) is 20.5. The Labute approximate surface area is 219 Å². The van der Waals surface area contributed by atoms with Gasteiger partial charge in [0.15, 0.2) is 6.10 Å². The van der Waals surface area contributed by atoms with Gasteiger partial charge in [0.25, 0.3) is 0 Å². The van der Waals surface area contributed by atoms with Crippen molar-refractivity contribution in [2.24, 2.45) is 0 Å². The molecule has 1 fully saturated rings. The van der Waals surface area contributed by atoms with Crippen LogP contribution in [0, 0.1) is 0 Å². The van der Waals surface area contributed by atoms with Crippen LogP contribution in [0.3, 0.4) is 0 Å². The Balaban J connectivity index is 1.66. The first-order chi connectivity index (χ1) is 18.5. The fourth-order valence-corrected chi connectivity index (χ4v) is 4.79. The lowest BCUT2D eigenvalue weighted by atomic mass is 9.78. The van der Waals surface area contributed by atoms with Crippen molar-refractivity contribution in [2.45, 2.75) is 24.4 Å². The highest BCUT2D eigenvalue weighted by molar-refractivity contribution is 5.86. The number of cyclic esters (lactones) is 1. The van der Waals surface area contributed by atoms with E-state index in [0.717, 1.165) is 5.56 Å². The van der Waals surface area contributed by atoms with Crippen molar-refractivity contribution in [3.8, 4) is 0 Å². The molecule has 0 aromatic heterocycles. The summed E-state index contributed by atoms with van der Waals surface area (Å²) in [6, 6.07) is 27.0. The van der Waals surface area contributed by atoms with Gasteiger partial charge in [-0.3, -0.25) is 9.79 Å². The molecule has 3 aromatic rings. The van der Waals surface area contributed by atoms with Crippen molar-refractivity contribution < 1.29 is 38.4 Å². The maximum atomic E-state index is 13.7. The van der Waals surface area contributed by atoms with Crippen LogP contribution in [0.4, 0.5) is 4.79 Å². The summed E-state index contributed by atoms with van der Waals surface area (Å²) in [5, 5.41) is 0. The van der Waals surface area contributed by atoms with E-state index in [2.05, 4.69) is 0 Å². The number of carbonyl (C=O) groups is 3. The van der Waals surface area contributed by atoms with Crippen LogP contribution in [0.5, 0.6) is 0 Å². The molecule has 0 radical (unpaired) electrons. The number of amides is 1. The van der Waals surface area contributed by atoms with Crippen LogP contribution in [0.15, 0.2) is 103 Å². The molecule has 194 valence electrons. The zero-order chi connectivity index (χ0) is 26.5. The van der Waals surface area contributed by atoms with E-state index in [1.165, 1.54) is 18.1 Å². The molecule has 9 nitrogen and oxygen atoms in total. The van der Waals surface area contributed by atoms with Crippen molar-refractivity contribution in [3.63, 3.8) is 0 Å². The number of hydrogen-bond acceptors (Lipinski definition) is 8.